The molecule has 0 saturated carbocycles. The largest absolute Gasteiger partial charge is 0.478 e. The molecule has 1 heterocycles. The Labute approximate surface area is 174 Å². The van der Waals surface area contributed by atoms with Crippen LogP contribution in [0.3, 0.4) is 0 Å². The highest BCUT2D eigenvalue weighted by Crippen LogP contribution is 2.30. The van der Waals surface area contributed by atoms with E-state index in [1.165, 1.54) is 54.1 Å². The lowest BCUT2D eigenvalue weighted by Gasteiger charge is -2.09. The number of nitrogens with zero attached hydrogens (tertiary/aromatic N) is 2. The molecule has 158 valence electrons. The highest BCUT2D eigenvalue weighted by Gasteiger charge is 2.30. The zero-order valence-corrected chi connectivity index (χ0v) is 16.1. The number of halogens is 3. The van der Waals surface area contributed by atoms with E-state index in [1.807, 2.05) is 0 Å². The van der Waals surface area contributed by atoms with Crippen LogP contribution in [0.15, 0.2) is 66.7 Å². The number of hydrogen-bond acceptors (Lipinski definition) is 4. The van der Waals surface area contributed by atoms with E-state index in [1.54, 1.807) is 0 Å². The normalized spacial score (nSPS) is 11.6. The van der Waals surface area contributed by atoms with E-state index >= 15 is 0 Å². The average molecular weight is 428 g/mol. The SMILES string of the molecule is CC(=O)C=CC(=O)c1cc(-c2ccc(C(=O)O)cc2)nn1-c1ccc(C(F)(F)F)cc1. The van der Waals surface area contributed by atoms with Crippen LogP contribution < -0.4 is 0 Å². The Morgan fingerprint density at radius 3 is 2.10 bits per heavy atom. The Morgan fingerprint density at radius 2 is 1.58 bits per heavy atom. The second-order valence-corrected chi connectivity index (χ2v) is 6.56. The van der Waals surface area contributed by atoms with Crippen LogP contribution in [0, 0.1) is 0 Å². The second kappa shape index (κ2) is 8.39. The van der Waals surface area contributed by atoms with Gasteiger partial charge in [0.25, 0.3) is 0 Å². The van der Waals surface area contributed by atoms with Crippen LogP contribution in [-0.4, -0.2) is 32.4 Å². The van der Waals surface area contributed by atoms with Crippen LogP contribution in [0.4, 0.5) is 13.2 Å². The fraction of sp³-hybridized carbons (Fsp3) is 0.0909. The molecular weight excluding hydrogens is 413 g/mol. The summed E-state index contributed by atoms with van der Waals surface area (Å²) in [5, 5.41) is 13.3. The molecule has 0 atom stereocenters. The number of carboxylic acids is 1. The molecular formula is C22H15F3N2O4. The lowest BCUT2D eigenvalue weighted by atomic mass is 10.1. The highest BCUT2D eigenvalue weighted by molar-refractivity contribution is 6.07. The standard InChI is InChI=1S/C22H15F3N2O4/c1-13(28)2-11-20(29)19-12-18(14-3-5-15(6-4-14)21(30)31)26-27(19)17-9-7-16(8-10-17)22(23,24)25/h2-12H,1H3,(H,30,31). The Bertz CT molecular complexity index is 1170. The molecule has 9 heteroatoms. The number of carbonyl (C=O) groups excluding carboxylic acids is 2. The van der Waals surface area contributed by atoms with Crippen LogP contribution in [0.5, 0.6) is 0 Å². The molecule has 6 nitrogen and oxygen atoms in total. The van der Waals surface area contributed by atoms with Crippen molar-refractivity contribution >= 4 is 17.5 Å². The van der Waals surface area contributed by atoms with E-state index in [-0.39, 0.29) is 22.7 Å². The average Bonchev–Trinajstić information content (AvgIpc) is 3.17. The molecule has 0 unspecified atom stereocenters. The third-order valence-corrected chi connectivity index (χ3v) is 4.30. The predicted octanol–water partition coefficient (Wildman–Crippen LogP) is 4.58. The van der Waals surface area contributed by atoms with E-state index in [4.69, 9.17) is 5.11 Å². The highest BCUT2D eigenvalue weighted by atomic mass is 19.4. The van der Waals surface area contributed by atoms with Gasteiger partial charge >= 0.3 is 12.1 Å². The second-order valence-electron chi connectivity index (χ2n) is 6.56. The first-order valence-electron chi connectivity index (χ1n) is 8.90. The van der Waals surface area contributed by atoms with Crippen LogP contribution in [-0.2, 0) is 11.0 Å². The van der Waals surface area contributed by atoms with Crippen molar-refractivity contribution in [2.24, 2.45) is 0 Å². The number of alkyl halides is 3. The van der Waals surface area contributed by atoms with Gasteiger partial charge in [-0.25, -0.2) is 9.48 Å². The number of carboxylic acid groups (broad SMARTS) is 1. The fourth-order valence-corrected chi connectivity index (χ4v) is 2.75. The molecule has 0 aliphatic carbocycles. The molecule has 0 bridgehead atoms. The van der Waals surface area contributed by atoms with Crippen molar-refractivity contribution < 1.29 is 32.7 Å². The lowest BCUT2D eigenvalue weighted by Crippen LogP contribution is -2.09. The number of benzene rings is 2. The molecule has 0 saturated heterocycles. The first-order valence-corrected chi connectivity index (χ1v) is 8.90. The van der Waals surface area contributed by atoms with Gasteiger partial charge in [-0.1, -0.05) is 12.1 Å². The van der Waals surface area contributed by atoms with Gasteiger partial charge in [0.15, 0.2) is 5.78 Å². The quantitative estimate of drug-likeness (QED) is 0.458. The summed E-state index contributed by atoms with van der Waals surface area (Å²) in [6, 6.07) is 11.3. The van der Waals surface area contributed by atoms with Gasteiger partial charge in [-0.2, -0.15) is 18.3 Å². The number of ketones is 2. The van der Waals surface area contributed by atoms with Crippen molar-refractivity contribution in [3.63, 3.8) is 0 Å². The summed E-state index contributed by atoms with van der Waals surface area (Å²) in [7, 11) is 0. The minimum Gasteiger partial charge on any atom is -0.478 e. The molecule has 3 rings (SSSR count). The number of carbonyl (C=O) groups is 3. The summed E-state index contributed by atoms with van der Waals surface area (Å²) in [4.78, 5) is 34.8. The Hall–Kier alpha value is -4.01. The summed E-state index contributed by atoms with van der Waals surface area (Å²) in [6.45, 7) is 1.27. The van der Waals surface area contributed by atoms with Gasteiger partial charge < -0.3 is 5.11 Å². The van der Waals surface area contributed by atoms with Crippen molar-refractivity contribution in [2.75, 3.05) is 0 Å². The van der Waals surface area contributed by atoms with Crippen LogP contribution in [0.1, 0.15) is 33.3 Å². The Morgan fingerprint density at radius 1 is 0.968 bits per heavy atom. The predicted molar refractivity (Wildman–Crippen MR) is 105 cm³/mol. The first kappa shape index (κ1) is 21.7. The Kier molecular flexibility index (Phi) is 5.87. The monoisotopic (exact) mass is 428 g/mol. The third-order valence-electron chi connectivity index (χ3n) is 4.30. The van der Waals surface area contributed by atoms with E-state index in [2.05, 4.69) is 5.10 Å². The van der Waals surface area contributed by atoms with Gasteiger partial charge in [-0.05, 0) is 61.5 Å². The van der Waals surface area contributed by atoms with Gasteiger partial charge in [0, 0.05) is 5.56 Å². The summed E-state index contributed by atoms with van der Waals surface area (Å²) >= 11 is 0. The number of aromatic carboxylic acids is 1. The molecule has 0 radical (unpaired) electrons. The van der Waals surface area contributed by atoms with Crippen molar-refractivity contribution in [3.8, 4) is 16.9 Å². The smallest absolute Gasteiger partial charge is 0.416 e. The summed E-state index contributed by atoms with van der Waals surface area (Å²) in [6.07, 6.45) is -2.38. The molecule has 0 fully saturated rings. The molecule has 0 aliphatic heterocycles. The molecule has 31 heavy (non-hydrogen) atoms. The maximum absolute atomic E-state index is 12.9. The van der Waals surface area contributed by atoms with Crippen molar-refractivity contribution in [2.45, 2.75) is 13.1 Å². The third kappa shape index (κ3) is 4.95. The molecule has 0 aliphatic rings. The van der Waals surface area contributed by atoms with Gasteiger partial charge in [-0.15, -0.1) is 0 Å². The molecule has 0 spiro atoms. The molecule has 1 aromatic heterocycles. The number of hydrogen-bond donors (Lipinski definition) is 1. The zero-order valence-electron chi connectivity index (χ0n) is 16.1. The van der Waals surface area contributed by atoms with Crippen LogP contribution in [0.2, 0.25) is 0 Å². The molecule has 1 N–H and O–H groups in total. The van der Waals surface area contributed by atoms with Gasteiger partial charge in [0.05, 0.1) is 22.5 Å². The minimum absolute atomic E-state index is 0.0227. The topological polar surface area (TPSA) is 89.3 Å². The lowest BCUT2D eigenvalue weighted by molar-refractivity contribution is -0.137. The van der Waals surface area contributed by atoms with Crippen LogP contribution in [0.25, 0.3) is 16.9 Å². The number of aromatic nitrogens is 2. The van der Waals surface area contributed by atoms with E-state index in [0.29, 0.717) is 11.3 Å². The van der Waals surface area contributed by atoms with Gasteiger partial charge in [-0.3, -0.25) is 9.59 Å². The van der Waals surface area contributed by atoms with Gasteiger partial charge in [0.1, 0.15) is 5.69 Å². The maximum Gasteiger partial charge on any atom is 0.416 e. The maximum atomic E-state index is 12.9. The van der Waals surface area contributed by atoms with Crippen molar-refractivity contribution in [1.82, 2.24) is 9.78 Å². The van der Waals surface area contributed by atoms with Crippen molar-refractivity contribution in [1.29, 1.82) is 0 Å². The molecule has 0 amide bonds. The fourth-order valence-electron chi connectivity index (χ4n) is 2.75. The molecule has 3 aromatic rings. The van der Waals surface area contributed by atoms with E-state index < -0.39 is 23.5 Å². The first-order chi connectivity index (χ1) is 14.6. The summed E-state index contributed by atoms with van der Waals surface area (Å²) < 4.78 is 39.8. The minimum atomic E-state index is -4.51. The molecule has 2 aromatic carbocycles. The van der Waals surface area contributed by atoms with E-state index in [0.717, 1.165) is 24.3 Å². The Balaban J connectivity index is 2.08. The van der Waals surface area contributed by atoms with Gasteiger partial charge in [0.2, 0.25) is 5.78 Å². The van der Waals surface area contributed by atoms with E-state index in [9.17, 15) is 27.6 Å². The van der Waals surface area contributed by atoms with Crippen molar-refractivity contribution in [3.05, 3.63) is 83.6 Å². The number of rotatable bonds is 6. The number of allylic oxidation sites excluding steroid dienone is 2. The summed E-state index contributed by atoms with van der Waals surface area (Å²) in [5.41, 5.74) is 0.246. The zero-order chi connectivity index (χ0) is 22.8. The summed E-state index contributed by atoms with van der Waals surface area (Å²) in [5.74, 6) is -2.03. The van der Waals surface area contributed by atoms with Crippen LogP contribution >= 0.6 is 0 Å².